The van der Waals surface area contributed by atoms with E-state index in [1.165, 1.54) is 18.2 Å². The molecule has 1 aromatic carbocycles. The first-order chi connectivity index (χ1) is 10.0. The monoisotopic (exact) mass is 307 g/mol. The number of nitriles is 1. The Morgan fingerprint density at radius 2 is 2.00 bits per heavy atom. The fourth-order valence-corrected chi connectivity index (χ4v) is 1.69. The maximum atomic E-state index is 14.1. The Labute approximate surface area is 125 Å². The van der Waals surface area contributed by atoms with Gasteiger partial charge in [0.2, 0.25) is 5.82 Å². The van der Waals surface area contributed by atoms with Gasteiger partial charge in [-0.1, -0.05) is 11.6 Å². The molecule has 2 aromatic rings. The van der Waals surface area contributed by atoms with Crippen LogP contribution in [0.1, 0.15) is 19.4 Å². The Morgan fingerprint density at radius 1 is 1.29 bits per heavy atom. The van der Waals surface area contributed by atoms with Crippen LogP contribution in [0.2, 0.25) is 5.02 Å². The molecule has 0 bridgehead atoms. The smallest absolute Gasteiger partial charge is 0.263 e. The van der Waals surface area contributed by atoms with Crippen LogP contribution >= 0.6 is 11.6 Å². The second-order valence-corrected chi connectivity index (χ2v) is 4.73. The highest BCUT2D eigenvalue weighted by molar-refractivity contribution is 6.32. The van der Waals surface area contributed by atoms with Crippen LogP contribution in [0.4, 0.5) is 4.39 Å². The van der Waals surface area contributed by atoms with E-state index in [0.29, 0.717) is 5.56 Å². The summed E-state index contributed by atoms with van der Waals surface area (Å²) < 4.78 is 24.6. The molecule has 0 aliphatic rings. The molecule has 5 nitrogen and oxygen atoms in total. The van der Waals surface area contributed by atoms with E-state index in [1.807, 2.05) is 6.07 Å². The van der Waals surface area contributed by atoms with Crippen molar-refractivity contribution in [1.29, 1.82) is 5.26 Å². The first-order valence-electron chi connectivity index (χ1n) is 6.06. The Kier molecular flexibility index (Phi) is 4.55. The molecule has 0 atom stereocenters. The van der Waals surface area contributed by atoms with E-state index in [1.54, 1.807) is 13.8 Å². The zero-order valence-corrected chi connectivity index (χ0v) is 12.1. The normalized spacial score (nSPS) is 10.3. The van der Waals surface area contributed by atoms with Gasteiger partial charge in [0.25, 0.3) is 11.8 Å². The highest BCUT2D eigenvalue weighted by Gasteiger charge is 2.16. The zero-order chi connectivity index (χ0) is 15.4. The molecule has 0 radical (unpaired) electrons. The topological polar surface area (TPSA) is 68.0 Å². The number of halogens is 2. The summed E-state index contributed by atoms with van der Waals surface area (Å²) >= 11 is 5.96. The number of rotatable bonds is 4. The number of benzene rings is 1. The van der Waals surface area contributed by atoms with E-state index >= 15 is 0 Å². The van der Waals surface area contributed by atoms with Gasteiger partial charge in [0.15, 0.2) is 0 Å². The highest BCUT2D eigenvalue weighted by atomic mass is 35.5. The van der Waals surface area contributed by atoms with Crippen LogP contribution < -0.4 is 9.47 Å². The molecule has 7 heteroatoms. The molecule has 2 rings (SSSR count). The molecule has 108 valence electrons. The predicted molar refractivity (Wildman–Crippen MR) is 74.0 cm³/mol. The van der Waals surface area contributed by atoms with Crippen molar-refractivity contribution in [3.63, 3.8) is 0 Å². The molecule has 0 saturated carbocycles. The second-order valence-electron chi connectivity index (χ2n) is 4.32. The third-order valence-corrected chi connectivity index (χ3v) is 2.64. The fraction of sp³-hybridized carbons (Fsp3) is 0.214. The number of hydrogen-bond donors (Lipinski definition) is 0. The van der Waals surface area contributed by atoms with Gasteiger partial charge < -0.3 is 9.47 Å². The molecule has 0 spiro atoms. The van der Waals surface area contributed by atoms with Crippen molar-refractivity contribution in [3.05, 3.63) is 40.9 Å². The summed E-state index contributed by atoms with van der Waals surface area (Å²) in [5, 5.41) is 8.94. The minimum atomic E-state index is -0.813. The summed E-state index contributed by atoms with van der Waals surface area (Å²) in [6.45, 7) is 3.50. The van der Waals surface area contributed by atoms with Gasteiger partial charge in [0, 0.05) is 0 Å². The molecule has 0 amide bonds. The summed E-state index contributed by atoms with van der Waals surface area (Å²) in [5.74, 6) is -1.12. The number of ether oxygens (including phenoxy) is 2. The van der Waals surface area contributed by atoms with Gasteiger partial charge in [0.1, 0.15) is 12.1 Å². The molecule has 0 N–H and O–H groups in total. The highest BCUT2D eigenvalue weighted by Crippen LogP contribution is 2.32. The summed E-state index contributed by atoms with van der Waals surface area (Å²) in [6, 6.07) is 6.33. The Balaban J connectivity index is 2.30. The Hall–Kier alpha value is -2.39. The predicted octanol–water partition coefficient (Wildman–Crippen LogP) is 3.72. The molecule has 0 aliphatic carbocycles. The lowest BCUT2D eigenvalue weighted by molar-refractivity contribution is 0.216. The molecular formula is C14H11ClFN3O2. The molecule has 0 aliphatic heterocycles. The van der Waals surface area contributed by atoms with Gasteiger partial charge in [-0.3, -0.25) is 0 Å². The molecule has 1 heterocycles. The SMILES string of the molecule is CC(C)Oc1ncnc(Oc2ccc(C#N)cc2Cl)c1F. The Morgan fingerprint density at radius 3 is 2.62 bits per heavy atom. The second kappa shape index (κ2) is 6.37. The van der Waals surface area contributed by atoms with E-state index in [4.69, 9.17) is 26.3 Å². The largest absolute Gasteiger partial charge is 0.473 e. The first kappa shape index (κ1) is 15.0. The van der Waals surface area contributed by atoms with Crippen LogP contribution in [0.15, 0.2) is 24.5 Å². The lowest BCUT2D eigenvalue weighted by atomic mass is 10.2. The number of nitrogens with zero attached hydrogens (tertiary/aromatic N) is 3. The van der Waals surface area contributed by atoms with Crippen LogP contribution in [0.5, 0.6) is 17.5 Å². The van der Waals surface area contributed by atoms with Crippen molar-refractivity contribution in [2.75, 3.05) is 0 Å². The Bertz CT molecular complexity index is 701. The third kappa shape index (κ3) is 3.58. The van der Waals surface area contributed by atoms with E-state index < -0.39 is 5.82 Å². The average Bonchev–Trinajstić information content (AvgIpc) is 2.44. The fourth-order valence-electron chi connectivity index (χ4n) is 1.47. The van der Waals surface area contributed by atoms with Crippen LogP contribution in [-0.2, 0) is 0 Å². The zero-order valence-electron chi connectivity index (χ0n) is 11.3. The molecule has 0 unspecified atom stereocenters. The van der Waals surface area contributed by atoms with Crippen molar-refractivity contribution < 1.29 is 13.9 Å². The summed E-state index contributed by atoms with van der Waals surface area (Å²) in [4.78, 5) is 7.42. The van der Waals surface area contributed by atoms with Gasteiger partial charge in [-0.15, -0.1) is 0 Å². The average molecular weight is 308 g/mol. The van der Waals surface area contributed by atoms with Gasteiger partial charge in [-0.05, 0) is 32.0 Å². The lowest BCUT2D eigenvalue weighted by Gasteiger charge is -2.11. The number of hydrogen-bond acceptors (Lipinski definition) is 5. The third-order valence-electron chi connectivity index (χ3n) is 2.34. The first-order valence-corrected chi connectivity index (χ1v) is 6.43. The van der Waals surface area contributed by atoms with E-state index in [0.717, 1.165) is 6.33 Å². The van der Waals surface area contributed by atoms with Gasteiger partial charge in [0.05, 0.1) is 22.8 Å². The standard InChI is InChI=1S/C14H11ClFN3O2/c1-8(2)20-13-12(16)14(19-7-18-13)21-11-4-3-9(6-17)5-10(11)15/h3-5,7-8H,1-2H3. The van der Waals surface area contributed by atoms with Gasteiger partial charge in [-0.2, -0.15) is 19.6 Å². The molecule has 21 heavy (non-hydrogen) atoms. The van der Waals surface area contributed by atoms with Crippen molar-refractivity contribution in [2.24, 2.45) is 0 Å². The van der Waals surface area contributed by atoms with Crippen molar-refractivity contribution in [1.82, 2.24) is 9.97 Å². The molecule has 0 fully saturated rings. The van der Waals surface area contributed by atoms with Crippen molar-refractivity contribution in [3.8, 4) is 23.6 Å². The summed E-state index contributed by atoms with van der Waals surface area (Å²) in [5.41, 5.74) is 0.374. The molecular weight excluding hydrogens is 297 g/mol. The van der Waals surface area contributed by atoms with Crippen molar-refractivity contribution in [2.45, 2.75) is 20.0 Å². The van der Waals surface area contributed by atoms with Crippen LogP contribution in [-0.4, -0.2) is 16.1 Å². The van der Waals surface area contributed by atoms with E-state index in [-0.39, 0.29) is 28.6 Å². The van der Waals surface area contributed by atoms with Crippen LogP contribution in [0.25, 0.3) is 0 Å². The van der Waals surface area contributed by atoms with Gasteiger partial charge in [-0.25, -0.2) is 0 Å². The lowest BCUT2D eigenvalue weighted by Crippen LogP contribution is -2.09. The van der Waals surface area contributed by atoms with Crippen molar-refractivity contribution >= 4 is 11.6 Å². The quantitative estimate of drug-likeness (QED) is 0.861. The number of aromatic nitrogens is 2. The summed E-state index contributed by atoms with van der Waals surface area (Å²) in [7, 11) is 0. The van der Waals surface area contributed by atoms with Crippen LogP contribution in [0, 0.1) is 17.1 Å². The van der Waals surface area contributed by atoms with E-state index in [9.17, 15) is 4.39 Å². The maximum absolute atomic E-state index is 14.1. The maximum Gasteiger partial charge on any atom is 0.263 e. The minimum Gasteiger partial charge on any atom is -0.473 e. The van der Waals surface area contributed by atoms with E-state index in [2.05, 4.69) is 9.97 Å². The molecule has 0 saturated heterocycles. The minimum absolute atomic E-state index is 0.179. The molecule has 1 aromatic heterocycles. The van der Waals surface area contributed by atoms with Gasteiger partial charge >= 0.3 is 0 Å². The van der Waals surface area contributed by atoms with Crippen LogP contribution in [0.3, 0.4) is 0 Å². The summed E-state index contributed by atoms with van der Waals surface area (Å²) in [6.07, 6.45) is 0.897.